The molecule has 2 rings (SSSR count). The van der Waals surface area contributed by atoms with Crippen LogP contribution in [0.4, 0.5) is 18.9 Å². The Hall–Kier alpha value is -2.92. The lowest BCUT2D eigenvalue weighted by Gasteiger charge is -2.13. The molecule has 11 heteroatoms. The van der Waals surface area contributed by atoms with Crippen LogP contribution in [-0.2, 0) is 25.7 Å². The van der Waals surface area contributed by atoms with E-state index in [1.165, 1.54) is 50.5 Å². The molecule has 0 heterocycles. The Morgan fingerprint density at radius 1 is 1.03 bits per heavy atom. The molecular formula is C18H17F3N2O5S. The van der Waals surface area contributed by atoms with Gasteiger partial charge in [-0.3, -0.25) is 4.79 Å². The Morgan fingerprint density at radius 2 is 1.62 bits per heavy atom. The molecule has 1 amide bonds. The minimum Gasteiger partial charge on any atom is -0.452 e. The molecule has 0 aliphatic carbocycles. The minimum absolute atomic E-state index is 0.0220. The summed E-state index contributed by atoms with van der Waals surface area (Å²) in [5, 5.41) is 2.04. The third-order valence-electron chi connectivity index (χ3n) is 3.71. The Kier molecular flexibility index (Phi) is 6.65. The zero-order valence-corrected chi connectivity index (χ0v) is 16.2. The van der Waals surface area contributed by atoms with Crippen LogP contribution in [-0.4, -0.2) is 45.3 Å². The van der Waals surface area contributed by atoms with Crippen LogP contribution >= 0.6 is 0 Å². The largest absolute Gasteiger partial charge is 0.452 e. The van der Waals surface area contributed by atoms with E-state index in [-0.39, 0.29) is 10.5 Å². The monoisotopic (exact) mass is 430 g/mol. The van der Waals surface area contributed by atoms with Crippen molar-refractivity contribution in [2.24, 2.45) is 0 Å². The number of nitrogens with zero attached hydrogens (tertiary/aromatic N) is 1. The summed E-state index contributed by atoms with van der Waals surface area (Å²) in [7, 11) is -0.962. The normalized spacial score (nSPS) is 11.9. The fourth-order valence-electron chi connectivity index (χ4n) is 2.21. The number of carbonyl (C=O) groups is 2. The molecule has 2 aromatic carbocycles. The maximum atomic E-state index is 12.9. The zero-order valence-electron chi connectivity index (χ0n) is 15.4. The zero-order chi connectivity index (χ0) is 21.8. The maximum absolute atomic E-state index is 12.9. The highest BCUT2D eigenvalue weighted by Gasteiger charge is 2.33. The molecule has 0 spiro atoms. The first-order valence-corrected chi connectivity index (χ1v) is 9.52. The smallest absolute Gasteiger partial charge is 0.418 e. The molecule has 0 atom stereocenters. The molecule has 0 radical (unpaired) electrons. The standard InChI is InChI=1S/C18H17F3N2O5S/c1-23(2)29(26,27)13-9-7-12(8-10-13)17(25)28-11-16(24)22-15-6-4-3-5-14(15)18(19,20)21/h3-10H,11H2,1-2H3,(H,22,24). The van der Waals surface area contributed by atoms with Gasteiger partial charge in [-0.05, 0) is 36.4 Å². The first-order valence-electron chi connectivity index (χ1n) is 8.08. The van der Waals surface area contributed by atoms with Crippen LogP contribution in [0.5, 0.6) is 0 Å². The molecule has 156 valence electrons. The van der Waals surface area contributed by atoms with Crippen LogP contribution in [0, 0.1) is 0 Å². The van der Waals surface area contributed by atoms with Gasteiger partial charge in [-0.1, -0.05) is 12.1 Å². The van der Waals surface area contributed by atoms with Gasteiger partial charge in [0.1, 0.15) is 0 Å². The Bertz CT molecular complexity index is 1000. The first kappa shape index (κ1) is 22.4. The van der Waals surface area contributed by atoms with Crippen LogP contribution in [0.3, 0.4) is 0 Å². The lowest BCUT2D eigenvalue weighted by molar-refractivity contribution is -0.137. The van der Waals surface area contributed by atoms with E-state index < -0.39 is 45.9 Å². The van der Waals surface area contributed by atoms with Gasteiger partial charge in [-0.15, -0.1) is 0 Å². The van der Waals surface area contributed by atoms with E-state index >= 15 is 0 Å². The Morgan fingerprint density at radius 3 is 2.17 bits per heavy atom. The van der Waals surface area contributed by atoms with Gasteiger partial charge < -0.3 is 10.1 Å². The predicted octanol–water partition coefficient (Wildman–Crippen LogP) is 2.75. The van der Waals surface area contributed by atoms with Gasteiger partial charge >= 0.3 is 12.1 Å². The van der Waals surface area contributed by atoms with E-state index in [4.69, 9.17) is 4.74 Å². The molecule has 0 aromatic heterocycles. The third-order valence-corrected chi connectivity index (χ3v) is 5.54. The van der Waals surface area contributed by atoms with Crippen molar-refractivity contribution in [3.05, 3.63) is 59.7 Å². The number of rotatable bonds is 6. The number of anilines is 1. The van der Waals surface area contributed by atoms with Gasteiger partial charge in [-0.2, -0.15) is 13.2 Å². The average molecular weight is 430 g/mol. The number of para-hydroxylation sites is 1. The van der Waals surface area contributed by atoms with Crippen molar-refractivity contribution in [1.82, 2.24) is 4.31 Å². The summed E-state index contributed by atoms with van der Waals surface area (Å²) in [6.07, 6.45) is -4.66. The fraction of sp³-hybridized carbons (Fsp3) is 0.222. The van der Waals surface area contributed by atoms with Crippen molar-refractivity contribution < 1.29 is 35.9 Å². The molecule has 2 aromatic rings. The van der Waals surface area contributed by atoms with Gasteiger partial charge in [0.15, 0.2) is 6.61 Å². The summed E-state index contributed by atoms with van der Waals surface area (Å²) in [5.74, 6) is -1.89. The number of alkyl halides is 3. The summed E-state index contributed by atoms with van der Waals surface area (Å²) in [6.45, 7) is -0.817. The number of benzene rings is 2. The molecule has 0 aliphatic heterocycles. The van der Waals surface area contributed by atoms with Gasteiger partial charge in [-0.25, -0.2) is 17.5 Å². The number of carbonyl (C=O) groups excluding carboxylic acids is 2. The highest BCUT2D eigenvalue weighted by molar-refractivity contribution is 7.89. The summed E-state index contributed by atoms with van der Waals surface area (Å²) < 4.78 is 68.5. The molecule has 0 unspecified atom stereocenters. The van der Waals surface area contributed by atoms with Gasteiger partial charge in [0.25, 0.3) is 5.91 Å². The number of hydrogen-bond donors (Lipinski definition) is 1. The maximum Gasteiger partial charge on any atom is 0.418 e. The van der Waals surface area contributed by atoms with Crippen molar-refractivity contribution in [2.75, 3.05) is 26.0 Å². The summed E-state index contributed by atoms with van der Waals surface area (Å²) >= 11 is 0. The lowest BCUT2D eigenvalue weighted by Crippen LogP contribution is -2.23. The van der Waals surface area contributed by atoms with Gasteiger partial charge in [0.2, 0.25) is 10.0 Å². The molecular weight excluding hydrogens is 413 g/mol. The summed E-state index contributed by atoms with van der Waals surface area (Å²) in [4.78, 5) is 23.8. The molecule has 0 bridgehead atoms. The van der Waals surface area contributed by atoms with Crippen LogP contribution < -0.4 is 5.32 Å². The highest BCUT2D eigenvalue weighted by Crippen LogP contribution is 2.34. The second-order valence-corrected chi connectivity index (χ2v) is 8.13. The van der Waals surface area contributed by atoms with Crippen molar-refractivity contribution >= 4 is 27.6 Å². The number of halogens is 3. The predicted molar refractivity (Wildman–Crippen MR) is 97.7 cm³/mol. The van der Waals surface area contributed by atoms with Crippen molar-refractivity contribution in [1.29, 1.82) is 0 Å². The number of esters is 1. The molecule has 0 fully saturated rings. The Labute approximate surface area is 165 Å². The highest BCUT2D eigenvalue weighted by atomic mass is 32.2. The van der Waals surface area contributed by atoms with E-state index in [9.17, 15) is 31.2 Å². The van der Waals surface area contributed by atoms with Crippen LogP contribution in [0.2, 0.25) is 0 Å². The average Bonchev–Trinajstić information content (AvgIpc) is 2.65. The van der Waals surface area contributed by atoms with Crippen molar-refractivity contribution in [3.63, 3.8) is 0 Å². The van der Waals surface area contributed by atoms with Gasteiger partial charge in [0.05, 0.1) is 21.7 Å². The molecule has 7 nitrogen and oxygen atoms in total. The number of sulfonamides is 1. The van der Waals surface area contributed by atoms with E-state index in [0.717, 1.165) is 16.4 Å². The van der Waals surface area contributed by atoms with Crippen molar-refractivity contribution in [3.8, 4) is 0 Å². The second-order valence-electron chi connectivity index (χ2n) is 5.98. The molecule has 29 heavy (non-hydrogen) atoms. The van der Waals surface area contributed by atoms with Gasteiger partial charge in [0, 0.05) is 14.1 Å². The molecule has 1 N–H and O–H groups in total. The second kappa shape index (κ2) is 8.62. The van der Waals surface area contributed by atoms with Crippen LogP contribution in [0.25, 0.3) is 0 Å². The topological polar surface area (TPSA) is 92.8 Å². The molecule has 0 aliphatic rings. The van der Waals surface area contributed by atoms with E-state index in [2.05, 4.69) is 0 Å². The minimum atomic E-state index is -4.66. The number of ether oxygens (including phenoxy) is 1. The molecule has 0 saturated carbocycles. The van der Waals surface area contributed by atoms with E-state index in [1.807, 2.05) is 5.32 Å². The number of amides is 1. The first-order chi connectivity index (χ1) is 13.4. The Balaban J connectivity index is 2.00. The van der Waals surface area contributed by atoms with E-state index in [1.54, 1.807) is 0 Å². The number of nitrogens with one attached hydrogen (secondary N) is 1. The van der Waals surface area contributed by atoms with Crippen molar-refractivity contribution in [2.45, 2.75) is 11.1 Å². The quantitative estimate of drug-likeness (QED) is 0.712. The van der Waals surface area contributed by atoms with Crippen LogP contribution in [0.1, 0.15) is 15.9 Å². The van der Waals surface area contributed by atoms with Crippen LogP contribution in [0.15, 0.2) is 53.4 Å². The SMILES string of the molecule is CN(C)S(=O)(=O)c1ccc(C(=O)OCC(=O)Nc2ccccc2C(F)(F)F)cc1. The van der Waals surface area contributed by atoms with E-state index in [0.29, 0.717) is 0 Å². The number of hydrogen-bond acceptors (Lipinski definition) is 5. The fourth-order valence-corrected chi connectivity index (χ4v) is 3.12. The molecule has 0 saturated heterocycles. The summed E-state index contributed by atoms with van der Waals surface area (Å²) in [6, 6.07) is 9.19. The lowest BCUT2D eigenvalue weighted by atomic mass is 10.1. The third kappa shape index (κ3) is 5.55. The summed E-state index contributed by atoms with van der Waals surface area (Å²) in [5.41, 5.74) is -1.51.